The van der Waals surface area contributed by atoms with Crippen LogP contribution in [0.4, 0.5) is 11.6 Å². The fourth-order valence-corrected chi connectivity index (χ4v) is 2.26. The molecule has 1 aromatic carbocycles. The molecule has 2 aromatic heterocycles. The molecule has 0 saturated heterocycles. The number of hydrogen-bond donors (Lipinski definition) is 2. The van der Waals surface area contributed by atoms with Gasteiger partial charge in [0.25, 0.3) is 0 Å². The third-order valence-electron chi connectivity index (χ3n) is 3.26. The van der Waals surface area contributed by atoms with Crippen LogP contribution in [-0.2, 0) is 13.1 Å². The Morgan fingerprint density at radius 1 is 0.826 bits per heavy atom. The second-order valence-corrected chi connectivity index (χ2v) is 5.32. The SMILES string of the molecule is Clc1ccccc1CNc1cc(NCc2ccccn2)ncn1. The zero-order valence-corrected chi connectivity index (χ0v) is 13.2. The minimum Gasteiger partial charge on any atom is -0.366 e. The standard InChI is InChI=1S/C17H16ClN5/c18-15-7-2-1-5-13(15)10-20-16-9-17(23-12-22-16)21-11-14-6-3-4-8-19-14/h1-9,12H,10-11H2,(H2,20,21,22,23). The molecule has 0 saturated carbocycles. The molecule has 0 radical (unpaired) electrons. The fourth-order valence-electron chi connectivity index (χ4n) is 2.06. The lowest BCUT2D eigenvalue weighted by Crippen LogP contribution is -2.06. The molecule has 3 rings (SSSR count). The third kappa shape index (κ3) is 4.40. The average molecular weight is 326 g/mol. The normalized spacial score (nSPS) is 10.3. The predicted molar refractivity (Wildman–Crippen MR) is 92.4 cm³/mol. The molecule has 0 aliphatic carbocycles. The summed E-state index contributed by atoms with van der Waals surface area (Å²) in [4.78, 5) is 12.7. The Morgan fingerprint density at radius 2 is 1.57 bits per heavy atom. The molecular formula is C17H16ClN5. The molecule has 0 fully saturated rings. The number of pyridine rings is 1. The van der Waals surface area contributed by atoms with Gasteiger partial charge in [0.2, 0.25) is 0 Å². The van der Waals surface area contributed by atoms with Crippen LogP contribution in [0.25, 0.3) is 0 Å². The van der Waals surface area contributed by atoms with E-state index in [1.807, 2.05) is 48.5 Å². The minimum atomic E-state index is 0.608. The summed E-state index contributed by atoms with van der Waals surface area (Å²) in [6.45, 7) is 1.22. The Balaban J connectivity index is 1.60. The second-order valence-electron chi connectivity index (χ2n) is 4.91. The van der Waals surface area contributed by atoms with Crippen LogP contribution in [0.5, 0.6) is 0 Å². The highest BCUT2D eigenvalue weighted by atomic mass is 35.5. The second kappa shape index (κ2) is 7.56. The van der Waals surface area contributed by atoms with Crippen molar-refractivity contribution in [2.45, 2.75) is 13.1 Å². The van der Waals surface area contributed by atoms with Gasteiger partial charge in [0, 0.05) is 23.8 Å². The number of hydrogen-bond acceptors (Lipinski definition) is 5. The highest BCUT2D eigenvalue weighted by molar-refractivity contribution is 6.31. The van der Waals surface area contributed by atoms with Gasteiger partial charge in [0.1, 0.15) is 18.0 Å². The maximum absolute atomic E-state index is 6.15. The Bertz CT molecular complexity index is 764. The molecule has 3 aromatic rings. The Labute approximate surface area is 139 Å². The van der Waals surface area contributed by atoms with Gasteiger partial charge in [-0.2, -0.15) is 0 Å². The molecule has 23 heavy (non-hydrogen) atoms. The zero-order chi connectivity index (χ0) is 15.9. The molecule has 0 unspecified atom stereocenters. The number of anilines is 2. The van der Waals surface area contributed by atoms with Crippen molar-refractivity contribution in [2.24, 2.45) is 0 Å². The number of halogens is 1. The summed E-state index contributed by atoms with van der Waals surface area (Å²) in [6.07, 6.45) is 3.29. The van der Waals surface area contributed by atoms with Gasteiger partial charge in [-0.05, 0) is 23.8 Å². The first kappa shape index (κ1) is 15.2. The highest BCUT2D eigenvalue weighted by Gasteiger charge is 2.02. The number of benzene rings is 1. The predicted octanol–water partition coefficient (Wildman–Crippen LogP) is 3.75. The van der Waals surface area contributed by atoms with Crippen LogP contribution in [0.2, 0.25) is 5.02 Å². The van der Waals surface area contributed by atoms with Crippen LogP contribution in [0.1, 0.15) is 11.3 Å². The van der Waals surface area contributed by atoms with Gasteiger partial charge in [0.05, 0.1) is 12.2 Å². The molecule has 6 heteroatoms. The van der Waals surface area contributed by atoms with Gasteiger partial charge in [-0.25, -0.2) is 9.97 Å². The van der Waals surface area contributed by atoms with Crippen molar-refractivity contribution in [1.82, 2.24) is 15.0 Å². The Kier molecular flexibility index (Phi) is 5.01. The van der Waals surface area contributed by atoms with Crippen LogP contribution in [-0.4, -0.2) is 15.0 Å². The van der Waals surface area contributed by atoms with E-state index in [0.29, 0.717) is 13.1 Å². The topological polar surface area (TPSA) is 62.7 Å². The number of nitrogens with one attached hydrogen (secondary N) is 2. The maximum Gasteiger partial charge on any atom is 0.131 e. The van der Waals surface area contributed by atoms with Gasteiger partial charge < -0.3 is 10.6 Å². The van der Waals surface area contributed by atoms with E-state index in [1.54, 1.807) is 6.20 Å². The van der Waals surface area contributed by atoms with Gasteiger partial charge in [-0.15, -0.1) is 0 Å². The summed E-state index contributed by atoms with van der Waals surface area (Å²) >= 11 is 6.15. The molecule has 116 valence electrons. The largest absolute Gasteiger partial charge is 0.366 e. The van der Waals surface area contributed by atoms with E-state index in [-0.39, 0.29) is 0 Å². The fraction of sp³-hybridized carbons (Fsp3) is 0.118. The van der Waals surface area contributed by atoms with Crippen molar-refractivity contribution in [1.29, 1.82) is 0 Å². The number of rotatable bonds is 6. The molecule has 2 N–H and O–H groups in total. The lowest BCUT2D eigenvalue weighted by atomic mass is 10.2. The van der Waals surface area contributed by atoms with E-state index in [2.05, 4.69) is 25.6 Å². The monoisotopic (exact) mass is 325 g/mol. The van der Waals surface area contributed by atoms with Crippen molar-refractivity contribution in [2.75, 3.05) is 10.6 Å². The van der Waals surface area contributed by atoms with E-state index in [0.717, 1.165) is 27.9 Å². The summed E-state index contributed by atoms with van der Waals surface area (Å²) in [5, 5.41) is 7.22. The summed E-state index contributed by atoms with van der Waals surface area (Å²) in [6, 6.07) is 15.4. The zero-order valence-electron chi connectivity index (χ0n) is 12.4. The molecule has 0 bridgehead atoms. The van der Waals surface area contributed by atoms with Gasteiger partial charge >= 0.3 is 0 Å². The number of aromatic nitrogens is 3. The molecule has 0 amide bonds. The van der Waals surface area contributed by atoms with E-state index >= 15 is 0 Å². The van der Waals surface area contributed by atoms with Crippen LogP contribution >= 0.6 is 11.6 Å². The molecule has 0 aliphatic heterocycles. The van der Waals surface area contributed by atoms with Crippen LogP contribution in [0, 0.1) is 0 Å². The summed E-state index contributed by atoms with van der Waals surface area (Å²) in [7, 11) is 0. The smallest absolute Gasteiger partial charge is 0.131 e. The first-order chi connectivity index (χ1) is 11.3. The molecule has 0 aliphatic rings. The van der Waals surface area contributed by atoms with Crippen molar-refractivity contribution in [3.05, 3.63) is 77.3 Å². The van der Waals surface area contributed by atoms with Gasteiger partial charge in [0.15, 0.2) is 0 Å². The van der Waals surface area contributed by atoms with Gasteiger partial charge in [-0.3, -0.25) is 4.98 Å². The third-order valence-corrected chi connectivity index (χ3v) is 3.63. The quantitative estimate of drug-likeness (QED) is 0.722. The first-order valence-electron chi connectivity index (χ1n) is 7.24. The summed E-state index contributed by atoms with van der Waals surface area (Å²) in [5.74, 6) is 1.48. The van der Waals surface area contributed by atoms with Crippen molar-refractivity contribution >= 4 is 23.2 Å². The van der Waals surface area contributed by atoms with E-state index < -0.39 is 0 Å². The highest BCUT2D eigenvalue weighted by Crippen LogP contribution is 2.17. The molecule has 0 spiro atoms. The van der Waals surface area contributed by atoms with Crippen LogP contribution < -0.4 is 10.6 Å². The van der Waals surface area contributed by atoms with Crippen molar-refractivity contribution in [3.8, 4) is 0 Å². The first-order valence-corrected chi connectivity index (χ1v) is 7.62. The Hall–Kier alpha value is -2.66. The molecule has 0 atom stereocenters. The minimum absolute atomic E-state index is 0.608. The summed E-state index contributed by atoms with van der Waals surface area (Å²) < 4.78 is 0. The van der Waals surface area contributed by atoms with E-state index in [9.17, 15) is 0 Å². The molecular weight excluding hydrogens is 310 g/mol. The Morgan fingerprint density at radius 3 is 2.30 bits per heavy atom. The van der Waals surface area contributed by atoms with E-state index in [1.165, 1.54) is 6.33 Å². The van der Waals surface area contributed by atoms with Crippen molar-refractivity contribution < 1.29 is 0 Å². The van der Waals surface area contributed by atoms with Crippen molar-refractivity contribution in [3.63, 3.8) is 0 Å². The van der Waals surface area contributed by atoms with Crippen LogP contribution in [0.15, 0.2) is 61.1 Å². The lowest BCUT2D eigenvalue weighted by Gasteiger charge is -2.09. The summed E-state index contributed by atoms with van der Waals surface area (Å²) in [5.41, 5.74) is 1.98. The molecule has 2 heterocycles. The average Bonchev–Trinajstić information content (AvgIpc) is 2.61. The van der Waals surface area contributed by atoms with Gasteiger partial charge in [-0.1, -0.05) is 35.9 Å². The van der Waals surface area contributed by atoms with E-state index in [4.69, 9.17) is 11.6 Å². The maximum atomic E-state index is 6.15. The van der Waals surface area contributed by atoms with Crippen LogP contribution in [0.3, 0.4) is 0 Å². The lowest BCUT2D eigenvalue weighted by molar-refractivity contribution is 1.01. The number of nitrogens with zero attached hydrogens (tertiary/aromatic N) is 3. The molecule has 5 nitrogen and oxygen atoms in total.